The monoisotopic (exact) mass is 278 g/mol. The first-order valence-corrected chi connectivity index (χ1v) is 7.64. The highest BCUT2D eigenvalue weighted by Gasteiger charge is 2.11. The molecular weight excluding hydrogens is 256 g/mol. The SMILES string of the molecule is C1=CN(Cc2ccccc2)CCN[C@@H]1Cc1ccccc1. The summed E-state index contributed by atoms with van der Waals surface area (Å²) < 4.78 is 0. The molecule has 0 fully saturated rings. The molecule has 0 aromatic heterocycles. The molecule has 2 nitrogen and oxygen atoms in total. The lowest BCUT2D eigenvalue weighted by Gasteiger charge is -2.18. The predicted molar refractivity (Wildman–Crippen MR) is 87.9 cm³/mol. The second kappa shape index (κ2) is 7.09. The van der Waals surface area contributed by atoms with Gasteiger partial charge in [0.25, 0.3) is 0 Å². The van der Waals surface area contributed by atoms with E-state index in [1.165, 1.54) is 11.1 Å². The van der Waals surface area contributed by atoms with Gasteiger partial charge < -0.3 is 10.2 Å². The minimum atomic E-state index is 0.424. The Morgan fingerprint density at radius 3 is 2.29 bits per heavy atom. The van der Waals surface area contributed by atoms with Gasteiger partial charge in [-0.2, -0.15) is 0 Å². The molecule has 1 aliphatic heterocycles. The first-order chi connectivity index (χ1) is 10.4. The van der Waals surface area contributed by atoms with Crippen LogP contribution in [0.15, 0.2) is 72.9 Å². The molecule has 21 heavy (non-hydrogen) atoms. The van der Waals surface area contributed by atoms with Crippen molar-refractivity contribution >= 4 is 0 Å². The van der Waals surface area contributed by atoms with Gasteiger partial charge in [0.05, 0.1) is 0 Å². The zero-order valence-corrected chi connectivity index (χ0v) is 12.3. The third kappa shape index (κ3) is 4.20. The van der Waals surface area contributed by atoms with Crippen LogP contribution in [0.5, 0.6) is 0 Å². The lowest BCUT2D eigenvalue weighted by Crippen LogP contribution is -2.32. The van der Waals surface area contributed by atoms with E-state index in [9.17, 15) is 0 Å². The van der Waals surface area contributed by atoms with Gasteiger partial charge in [-0.05, 0) is 23.7 Å². The largest absolute Gasteiger partial charge is 0.372 e. The molecule has 2 aromatic rings. The maximum atomic E-state index is 3.62. The third-order valence-corrected chi connectivity index (χ3v) is 3.86. The minimum Gasteiger partial charge on any atom is -0.372 e. The van der Waals surface area contributed by atoms with Gasteiger partial charge in [0.2, 0.25) is 0 Å². The minimum absolute atomic E-state index is 0.424. The third-order valence-electron chi connectivity index (χ3n) is 3.86. The van der Waals surface area contributed by atoms with Crippen molar-refractivity contribution in [2.24, 2.45) is 0 Å². The van der Waals surface area contributed by atoms with Crippen molar-refractivity contribution < 1.29 is 0 Å². The second-order valence-corrected chi connectivity index (χ2v) is 5.55. The van der Waals surface area contributed by atoms with Crippen molar-refractivity contribution in [3.8, 4) is 0 Å². The summed E-state index contributed by atoms with van der Waals surface area (Å²) in [5.41, 5.74) is 2.75. The summed E-state index contributed by atoms with van der Waals surface area (Å²) in [6.45, 7) is 3.06. The van der Waals surface area contributed by atoms with Gasteiger partial charge in [-0.25, -0.2) is 0 Å². The normalized spacial score (nSPS) is 18.5. The molecule has 3 rings (SSSR count). The van der Waals surface area contributed by atoms with Gasteiger partial charge >= 0.3 is 0 Å². The molecule has 0 unspecified atom stereocenters. The van der Waals surface area contributed by atoms with E-state index in [0.717, 1.165) is 26.1 Å². The van der Waals surface area contributed by atoms with Crippen molar-refractivity contribution in [2.45, 2.75) is 19.0 Å². The predicted octanol–water partition coefficient (Wildman–Crippen LogP) is 3.22. The maximum absolute atomic E-state index is 3.62. The van der Waals surface area contributed by atoms with Crippen LogP contribution >= 0.6 is 0 Å². The van der Waals surface area contributed by atoms with Crippen LogP contribution in [0.3, 0.4) is 0 Å². The Bertz CT molecular complexity index is 511. The Hall–Kier alpha value is -2.06. The van der Waals surface area contributed by atoms with E-state index in [1.807, 2.05) is 0 Å². The Morgan fingerprint density at radius 2 is 1.57 bits per heavy atom. The van der Waals surface area contributed by atoms with Gasteiger partial charge in [-0.3, -0.25) is 0 Å². The van der Waals surface area contributed by atoms with Crippen molar-refractivity contribution in [1.82, 2.24) is 10.2 Å². The van der Waals surface area contributed by atoms with E-state index in [2.05, 4.69) is 83.2 Å². The quantitative estimate of drug-likeness (QED) is 0.924. The Kier molecular flexibility index (Phi) is 4.70. The molecular formula is C19H22N2. The molecule has 2 aromatic carbocycles. The zero-order chi connectivity index (χ0) is 14.3. The number of hydrogen-bond donors (Lipinski definition) is 1. The van der Waals surface area contributed by atoms with Gasteiger partial charge in [0.15, 0.2) is 0 Å². The van der Waals surface area contributed by atoms with Crippen molar-refractivity contribution in [3.05, 3.63) is 84.1 Å². The van der Waals surface area contributed by atoms with Crippen LogP contribution in [-0.2, 0) is 13.0 Å². The average Bonchev–Trinajstić information content (AvgIpc) is 2.75. The average molecular weight is 278 g/mol. The van der Waals surface area contributed by atoms with Gasteiger partial charge in [0.1, 0.15) is 0 Å². The molecule has 0 bridgehead atoms. The topological polar surface area (TPSA) is 15.3 Å². The Morgan fingerprint density at radius 1 is 0.905 bits per heavy atom. The van der Waals surface area contributed by atoms with Crippen LogP contribution in [0, 0.1) is 0 Å². The fraction of sp³-hybridized carbons (Fsp3) is 0.263. The van der Waals surface area contributed by atoms with Gasteiger partial charge in [-0.15, -0.1) is 0 Å². The summed E-state index contributed by atoms with van der Waals surface area (Å²) in [7, 11) is 0. The van der Waals surface area contributed by atoms with Crippen LogP contribution < -0.4 is 5.32 Å². The molecule has 1 heterocycles. The molecule has 0 spiro atoms. The van der Waals surface area contributed by atoms with Gasteiger partial charge in [0, 0.05) is 25.7 Å². The van der Waals surface area contributed by atoms with Gasteiger partial charge in [-0.1, -0.05) is 66.7 Å². The Balaban J connectivity index is 1.59. The number of rotatable bonds is 4. The smallest absolute Gasteiger partial charge is 0.0424 e. The maximum Gasteiger partial charge on any atom is 0.0424 e. The summed E-state index contributed by atoms with van der Waals surface area (Å²) >= 11 is 0. The van der Waals surface area contributed by atoms with E-state index in [4.69, 9.17) is 0 Å². The van der Waals surface area contributed by atoms with Crippen LogP contribution in [0.25, 0.3) is 0 Å². The fourth-order valence-corrected chi connectivity index (χ4v) is 2.72. The van der Waals surface area contributed by atoms with E-state index in [-0.39, 0.29) is 0 Å². The molecule has 1 aliphatic rings. The van der Waals surface area contributed by atoms with Crippen molar-refractivity contribution in [1.29, 1.82) is 0 Å². The van der Waals surface area contributed by atoms with Crippen LogP contribution in [-0.4, -0.2) is 24.0 Å². The number of hydrogen-bond acceptors (Lipinski definition) is 2. The molecule has 1 atom stereocenters. The molecule has 2 heteroatoms. The standard InChI is InChI=1S/C19H22N2/c1-3-7-17(8-4-1)15-19-11-13-21(14-12-20-19)16-18-9-5-2-6-10-18/h1-11,13,19-20H,12,14-16H2/t19-/m0/s1. The first-order valence-electron chi connectivity index (χ1n) is 7.64. The van der Waals surface area contributed by atoms with E-state index in [0.29, 0.717) is 6.04 Å². The van der Waals surface area contributed by atoms with Crippen LogP contribution in [0.4, 0.5) is 0 Å². The molecule has 0 aliphatic carbocycles. The van der Waals surface area contributed by atoms with Crippen molar-refractivity contribution in [3.63, 3.8) is 0 Å². The highest BCUT2D eigenvalue weighted by molar-refractivity contribution is 5.18. The van der Waals surface area contributed by atoms with Crippen molar-refractivity contribution in [2.75, 3.05) is 13.1 Å². The summed E-state index contributed by atoms with van der Waals surface area (Å²) in [5.74, 6) is 0. The van der Waals surface area contributed by atoms with Crippen LogP contribution in [0.1, 0.15) is 11.1 Å². The highest BCUT2D eigenvalue weighted by atomic mass is 15.1. The lowest BCUT2D eigenvalue weighted by molar-refractivity contribution is 0.372. The summed E-state index contributed by atoms with van der Waals surface area (Å²) in [6, 6.07) is 21.8. The molecule has 0 radical (unpaired) electrons. The number of benzene rings is 2. The van der Waals surface area contributed by atoms with E-state index < -0.39 is 0 Å². The number of nitrogens with zero attached hydrogens (tertiary/aromatic N) is 1. The summed E-state index contributed by atoms with van der Waals surface area (Å²) in [4.78, 5) is 2.38. The van der Waals surface area contributed by atoms with E-state index in [1.54, 1.807) is 0 Å². The summed E-state index contributed by atoms with van der Waals surface area (Å²) in [5, 5.41) is 3.62. The highest BCUT2D eigenvalue weighted by Crippen LogP contribution is 2.09. The molecule has 108 valence electrons. The molecule has 1 N–H and O–H groups in total. The lowest BCUT2D eigenvalue weighted by atomic mass is 10.1. The molecule has 0 saturated carbocycles. The molecule has 0 amide bonds. The van der Waals surface area contributed by atoms with E-state index >= 15 is 0 Å². The first kappa shape index (κ1) is 13.9. The Labute approximate surface area is 127 Å². The summed E-state index contributed by atoms with van der Waals surface area (Å²) in [6.07, 6.45) is 5.60. The molecule has 0 saturated heterocycles. The van der Waals surface area contributed by atoms with Crippen LogP contribution in [0.2, 0.25) is 0 Å². The number of nitrogens with one attached hydrogen (secondary N) is 1. The fourth-order valence-electron chi connectivity index (χ4n) is 2.72. The zero-order valence-electron chi connectivity index (χ0n) is 12.3. The second-order valence-electron chi connectivity index (χ2n) is 5.55.